The lowest BCUT2D eigenvalue weighted by atomic mass is 9.97. The van der Waals surface area contributed by atoms with Crippen LogP contribution in [0, 0.1) is 25.2 Å². The number of nitrogens with one attached hydrogen (secondary N) is 1. The van der Waals surface area contributed by atoms with E-state index in [-0.39, 0.29) is 0 Å². The molecule has 1 aromatic heterocycles. The van der Waals surface area contributed by atoms with E-state index >= 15 is 0 Å². The van der Waals surface area contributed by atoms with Gasteiger partial charge < -0.3 is 9.73 Å². The third-order valence-corrected chi connectivity index (χ3v) is 4.02. The van der Waals surface area contributed by atoms with Crippen molar-refractivity contribution in [3.8, 4) is 6.07 Å². The molecule has 1 N–H and O–H groups in total. The van der Waals surface area contributed by atoms with Gasteiger partial charge in [0.25, 0.3) is 5.22 Å². The number of nitriles is 1. The molecule has 0 fully saturated rings. The minimum Gasteiger partial charge on any atom is -0.437 e. The summed E-state index contributed by atoms with van der Waals surface area (Å²) in [5.41, 5.74) is 0.561. The minimum absolute atomic E-state index is 0.402. The fraction of sp³-hybridized carbons (Fsp3) is 0.692. The summed E-state index contributed by atoms with van der Waals surface area (Å²) in [4.78, 5) is 4.32. The molecule has 0 radical (unpaired) electrons. The first-order valence-corrected chi connectivity index (χ1v) is 7.16. The van der Waals surface area contributed by atoms with Gasteiger partial charge in [0.2, 0.25) is 0 Å². The number of nitrogens with zero attached hydrogens (tertiary/aromatic N) is 2. The Hall–Kier alpha value is -0.990. The van der Waals surface area contributed by atoms with Gasteiger partial charge in [0.05, 0.1) is 11.8 Å². The summed E-state index contributed by atoms with van der Waals surface area (Å²) in [6.45, 7) is 5.81. The number of hydrogen-bond donors (Lipinski definition) is 1. The van der Waals surface area contributed by atoms with Gasteiger partial charge >= 0.3 is 0 Å². The van der Waals surface area contributed by atoms with E-state index in [1.807, 2.05) is 27.8 Å². The van der Waals surface area contributed by atoms with Crippen molar-refractivity contribution in [2.75, 3.05) is 12.8 Å². The number of aryl methyl sites for hydroxylation is 2. The molecule has 18 heavy (non-hydrogen) atoms. The van der Waals surface area contributed by atoms with Crippen molar-refractivity contribution in [2.24, 2.45) is 0 Å². The Morgan fingerprint density at radius 2 is 2.17 bits per heavy atom. The van der Waals surface area contributed by atoms with Crippen LogP contribution in [-0.4, -0.2) is 23.3 Å². The standard InChI is InChI=1S/C13H21N3OS/c1-10-11(2)17-12(16-10)18-8-6-5-7-13(3,9-14)15-4/h15H,5-8H2,1-4H3. The molecule has 0 spiro atoms. The van der Waals surface area contributed by atoms with Crippen LogP contribution < -0.4 is 5.32 Å². The van der Waals surface area contributed by atoms with E-state index < -0.39 is 5.54 Å². The van der Waals surface area contributed by atoms with Crippen molar-refractivity contribution < 1.29 is 4.42 Å². The zero-order valence-corrected chi connectivity index (χ0v) is 12.4. The number of aromatic nitrogens is 1. The van der Waals surface area contributed by atoms with Crippen LogP contribution in [0.2, 0.25) is 0 Å². The average molecular weight is 267 g/mol. The number of unbranched alkanes of at least 4 members (excludes halogenated alkanes) is 1. The van der Waals surface area contributed by atoms with Crippen molar-refractivity contribution in [1.82, 2.24) is 10.3 Å². The number of hydrogen-bond acceptors (Lipinski definition) is 5. The molecule has 0 aliphatic rings. The van der Waals surface area contributed by atoms with Gasteiger partial charge in [0.1, 0.15) is 11.3 Å². The monoisotopic (exact) mass is 267 g/mol. The van der Waals surface area contributed by atoms with E-state index in [0.717, 1.165) is 41.7 Å². The van der Waals surface area contributed by atoms with Crippen LogP contribution >= 0.6 is 11.8 Å². The normalized spacial score (nSPS) is 14.2. The van der Waals surface area contributed by atoms with Crippen LogP contribution in [-0.2, 0) is 0 Å². The lowest BCUT2D eigenvalue weighted by Gasteiger charge is -2.19. The summed E-state index contributed by atoms with van der Waals surface area (Å²) in [6.07, 6.45) is 2.95. The Kier molecular flexibility index (Phi) is 5.70. The van der Waals surface area contributed by atoms with Gasteiger partial charge in [-0.1, -0.05) is 11.8 Å². The van der Waals surface area contributed by atoms with E-state index in [4.69, 9.17) is 9.68 Å². The van der Waals surface area contributed by atoms with Gasteiger partial charge in [-0.25, -0.2) is 4.98 Å². The lowest BCUT2D eigenvalue weighted by Crippen LogP contribution is -2.37. The van der Waals surface area contributed by atoms with Crippen molar-refractivity contribution in [3.05, 3.63) is 11.5 Å². The molecule has 100 valence electrons. The maximum Gasteiger partial charge on any atom is 0.256 e. The predicted molar refractivity (Wildman–Crippen MR) is 73.6 cm³/mol. The topological polar surface area (TPSA) is 61.9 Å². The SMILES string of the molecule is CNC(C)(C#N)CCCCSc1nc(C)c(C)o1. The second-order valence-electron chi connectivity index (χ2n) is 4.62. The average Bonchev–Trinajstić information content (AvgIpc) is 2.68. The fourth-order valence-electron chi connectivity index (χ4n) is 1.48. The predicted octanol–water partition coefficient (Wildman–Crippen LogP) is 3.06. The first-order chi connectivity index (χ1) is 8.50. The molecular weight excluding hydrogens is 246 g/mol. The van der Waals surface area contributed by atoms with Crippen LogP contribution in [0.25, 0.3) is 0 Å². The quantitative estimate of drug-likeness (QED) is 0.607. The van der Waals surface area contributed by atoms with Gasteiger partial charge in [-0.15, -0.1) is 0 Å². The molecule has 0 aliphatic heterocycles. The molecule has 0 aromatic carbocycles. The summed E-state index contributed by atoms with van der Waals surface area (Å²) >= 11 is 1.64. The van der Waals surface area contributed by atoms with Crippen molar-refractivity contribution in [1.29, 1.82) is 5.26 Å². The van der Waals surface area contributed by atoms with Crippen molar-refractivity contribution in [3.63, 3.8) is 0 Å². The van der Waals surface area contributed by atoms with Crippen LogP contribution in [0.3, 0.4) is 0 Å². The Morgan fingerprint density at radius 3 is 2.67 bits per heavy atom. The second-order valence-corrected chi connectivity index (χ2v) is 5.67. The Morgan fingerprint density at radius 1 is 1.44 bits per heavy atom. The summed E-state index contributed by atoms with van der Waals surface area (Å²) in [5, 5.41) is 12.8. The lowest BCUT2D eigenvalue weighted by molar-refractivity contribution is 0.429. The third-order valence-electron chi connectivity index (χ3n) is 3.10. The molecule has 0 amide bonds. The molecule has 1 unspecified atom stereocenters. The molecule has 1 rings (SSSR count). The highest BCUT2D eigenvalue weighted by molar-refractivity contribution is 7.99. The van der Waals surface area contributed by atoms with Gasteiger partial charge in [-0.2, -0.15) is 5.26 Å². The summed E-state index contributed by atoms with van der Waals surface area (Å²) < 4.78 is 5.49. The van der Waals surface area contributed by atoms with Crippen molar-refractivity contribution in [2.45, 2.75) is 50.8 Å². The second kappa shape index (κ2) is 6.81. The molecule has 1 atom stereocenters. The Bertz CT molecular complexity index is 405. The fourth-order valence-corrected chi connectivity index (χ4v) is 2.39. The zero-order valence-electron chi connectivity index (χ0n) is 11.5. The van der Waals surface area contributed by atoms with Crippen LogP contribution in [0.5, 0.6) is 0 Å². The summed E-state index contributed by atoms with van der Waals surface area (Å²) in [7, 11) is 1.83. The van der Waals surface area contributed by atoms with E-state index in [2.05, 4.69) is 16.4 Å². The number of rotatable bonds is 7. The van der Waals surface area contributed by atoms with Gasteiger partial charge in [0, 0.05) is 5.75 Å². The maximum atomic E-state index is 9.01. The molecule has 0 aliphatic carbocycles. The Labute approximate surface area is 113 Å². The molecule has 1 aromatic rings. The molecule has 0 bridgehead atoms. The van der Waals surface area contributed by atoms with E-state index in [1.165, 1.54) is 0 Å². The maximum absolute atomic E-state index is 9.01. The molecule has 5 heteroatoms. The third kappa shape index (κ3) is 4.35. The van der Waals surface area contributed by atoms with Crippen LogP contribution in [0.1, 0.15) is 37.6 Å². The van der Waals surface area contributed by atoms with Crippen LogP contribution in [0.4, 0.5) is 0 Å². The molecule has 4 nitrogen and oxygen atoms in total. The van der Waals surface area contributed by atoms with Crippen LogP contribution in [0.15, 0.2) is 9.64 Å². The van der Waals surface area contributed by atoms with E-state index in [0.29, 0.717) is 0 Å². The van der Waals surface area contributed by atoms with Gasteiger partial charge in [-0.05, 0) is 47.1 Å². The van der Waals surface area contributed by atoms with Crippen molar-refractivity contribution >= 4 is 11.8 Å². The Balaban J connectivity index is 2.22. The molecular formula is C13H21N3OS. The number of thioether (sulfide) groups is 1. The van der Waals surface area contributed by atoms with Gasteiger partial charge in [-0.3, -0.25) is 0 Å². The molecule has 0 saturated heterocycles. The minimum atomic E-state index is -0.402. The highest BCUT2D eigenvalue weighted by Gasteiger charge is 2.19. The van der Waals surface area contributed by atoms with Gasteiger partial charge in [0.15, 0.2) is 0 Å². The summed E-state index contributed by atoms with van der Waals surface area (Å²) in [5.74, 6) is 1.87. The van der Waals surface area contributed by atoms with E-state index in [9.17, 15) is 0 Å². The molecule has 1 heterocycles. The molecule has 0 saturated carbocycles. The largest absolute Gasteiger partial charge is 0.437 e. The highest BCUT2D eigenvalue weighted by atomic mass is 32.2. The number of oxazole rings is 1. The first-order valence-electron chi connectivity index (χ1n) is 6.18. The highest BCUT2D eigenvalue weighted by Crippen LogP contribution is 2.22. The van der Waals surface area contributed by atoms with E-state index in [1.54, 1.807) is 11.8 Å². The summed E-state index contributed by atoms with van der Waals surface area (Å²) in [6, 6.07) is 2.30. The zero-order chi connectivity index (χ0) is 13.6. The smallest absolute Gasteiger partial charge is 0.256 e. The first kappa shape index (κ1) is 15.1.